The van der Waals surface area contributed by atoms with Crippen LogP contribution in [0, 0.1) is 5.92 Å². The molecule has 1 aliphatic heterocycles. The zero-order chi connectivity index (χ0) is 14.5. The van der Waals surface area contributed by atoms with Gasteiger partial charge in [-0.25, -0.2) is 4.79 Å². The maximum absolute atomic E-state index is 12.1. The molecular weight excluding hydrogens is 270 g/mol. The van der Waals surface area contributed by atoms with E-state index in [2.05, 4.69) is 12.2 Å². The largest absolute Gasteiger partial charge is 0.393 e. The Hall–Kier alpha value is -1.62. The normalized spacial score (nSPS) is 15.9. The van der Waals surface area contributed by atoms with E-state index in [1.165, 1.54) is 0 Å². The lowest BCUT2D eigenvalue weighted by Gasteiger charge is -2.30. The van der Waals surface area contributed by atoms with Crippen molar-refractivity contribution in [1.82, 2.24) is 4.90 Å². The topological polar surface area (TPSA) is 58.4 Å². The van der Waals surface area contributed by atoms with Crippen molar-refractivity contribution in [1.29, 1.82) is 0 Å². The summed E-state index contributed by atoms with van der Waals surface area (Å²) in [5, 5.41) is 2.93. The van der Waals surface area contributed by atoms with Crippen LogP contribution >= 0.6 is 12.2 Å². The van der Waals surface area contributed by atoms with Gasteiger partial charge in [0.25, 0.3) is 0 Å². The number of hydrogen-bond donors (Lipinski definition) is 2. The van der Waals surface area contributed by atoms with Crippen molar-refractivity contribution in [2.45, 2.75) is 26.2 Å². The van der Waals surface area contributed by atoms with E-state index >= 15 is 0 Å². The minimum atomic E-state index is -0.0148. The Morgan fingerprint density at radius 3 is 2.50 bits per heavy atom. The molecule has 0 radical (unpaired) electrons. The van der Waals surface area contributed by atoms with Gasteiger partial charge in [0.2, 0.25) is 0 Å². The molecular formula is C15H21N3OS. The molecule has 2 rings (SSSR count). The summed E-state index contributed by atoms with van der Waals surface area (Å²) in [7, 11) is 0. The molecule has 1 aliphatic rings. The van der Waals surface area contributed by atoms with Gasteiger partial charge in [0.05, 0.1) is 4.99 Å². The molecule has 5 heteroatoms. The van der Waals surface area contributed by atoms with Crippen molar-refractivity contribution in [3.63, 3.8) is 0 Å². The summed E-state index contributed by atoms with van der Waals surface area (Å²) in [4.78, 5) is 14.5. The number of carbonyl (C=O) groups excluding carboxylic acids is 1. The second-order valence-corrected chi connectivity index (χ2v) is 5.96. The number of anilines is 1. The van der Waals surface area contributed by atoms with E-state index in [-0.39, 0.29) is 6.03 Å². The molecule has 20 heavy (non-hydrogen) atoms. The minimum Gasteiger partial charge on any atom is -0.393 e. The van der Waals surface area contributed by atoms with E-state index in [1.54, 1.807) is 0 Å². The SMILES string of the molecule is CC1CCN(C(=O)Nc2ccc(CC(N)=S)cc2)CC1. The van der Waals surface area contributed by atoms with Gasteiger partial charge < -0.3 is 16.0 Å². The number of benzene rings is 1. The highest BCUT2D eigenvalue weighted by Crippen LogP contribution is 2.17. The molecule has 2 amide bonds. The highest BCUT2D eigenvalue weighted by atomic mass is 32.1. The number of piperidine rings is 1. The van der Waals surface area contributed by atoms with Crippen LogP contribution in [0.1, 0.15) is 25.3 Å². The van der Waals surface area contributed by atoms with Crippen LogP contribution < -0.4 is 11.1 Å². The molecule has 0 bridgehead atoms. The average Bonchev–Trinajstić information content (AvgIpc) is 2.41. The van der Waals surface area contributed by atoms with Gasteiger partial charge in [0.15, 0.2) is 0 Å². The predicted octanol–water partition coefficient (Wildman–Crippen LogP) is 2.78. The summed E-state index contributed by atoms with van der Waals surface area (Å²) in [6, 6.07) is 7.63. The highest BCUT2D eigenvalue weighted by molar-refractivity contribution is 7.80. The maximum Gasteiger partial charge on any atom is 0.321 e. The van der Waals surface area contributed by atoms with Gasteiger partial charge in [-0.2, -0.15) is 0 Å². The lowest BCUT2D eigenvalue weighted by molar-refractivity contribution is 0.186. The van der Waals surface area contributed by atoms with E-state index in [9.17, 15) is 4.79 Å². The minimum absolute atomic E-state index is 0.0148. The first-order chi connectivity index (χ1) is 9.54. The van der Waals surface area contributed by atoms with Crippen molar-refractivity contribution in [3.8, 4) is 0 Å². The monoisotopic (exact) mass is 291 g/mol. The fourth-order valence-corrected chi connectivity index (χ4v) is 2.49. The van der Waals surface area contributed by atoms with Gasteiger partial charge in [-0.1, -0.05) is 31.3 Å². The molecule has 4 nitrogen and oxygen atoms in total. The van der Waals surface area contributed by atoms with Crippen LogP contribution in [0.2, 0.25) is 0 Å². The number of amides is 2. The molecule has 1 fully saturated rings. The van der Waals surface area contributed by atoms with Crippen LogP contribution in [-0.2, 0) is 6.42 Å². The fourth-order valence-electron chi connectivity index (χ4n) is 2.32. The molecule has 0 aliphatic carbocycles. The smallest absolute Gasteiger partial charge is 0.321 e. The summed E-state index contributed by atoms with van der Waals surface area (Å²) in [5.41, 5.74) is 7.37. The molecule has 1 saturated heterocycles. The maximum atomic E-state index is 12.1. The van der Waals surface area contributed by atoms with Crippen LogP contribution in [0.25, 0.3) is 0 Å². The summed E-state index contributed by atoms with van der Waals surface area (Å²) in [6.07, 6.45) is 2.76. The van der Waals surface area contributed by atoms with Crippen molar-refractivity contribution in [3.05, 3.63) is 29.8 Å². The molecule has 0 unspecified atom stereocenters. The third-order valence-electron chi connectivity index (χ3n) is 3.65. The van der Waals surface area contributed by atoms with E-state index in [4.69, 9.17) is 18.0 Å². The van der Waals surface area contributed by atoms with E-state index in [1.807, 2.05) is 29.2 Å². The number of likely N-dealkylation sites (tertiary alicyclic amines) is 1. The van der Waals surface area contributed by atoms with Crippen LogP contribution in [0.3, 0.4) is 0 Å². The average molecular weight is 291 g/mol. The first kappa shape index (κ1) is 14.8. The van der Waals surface area contributed by atoms with E-state index < -0.39 is 0 Å². The Labute approximate surface area is 125 Å². The number of thiocarbonyl (C=S) groups is 1. The number of nitrogens with two attached hydrogens (primary N) is 1. The molecule has 108 valence electrons. The number of carbonyl (C=O) groups is 1. The Morgan fingerprint density at radius 1 is 1.35 bits per heavy atom. The summed E-state index contributed by atoms with van der Waals surface area (Å²) < 4.78 is 0. The molecule has 1 aromatic carbocycles. The number of rotatable bonds is 3. The second-order valence-electron chi connectivity index (χ2n) is 5.44. The molecule has 0 saturated carbocycles. The molecule has 1 heterocycles. The number of nitrogens with zero attached hydrogens (tertiary/aromatic N) is 1. The first-order valence-electron chi connectivity index (χ1n) is 6.98. The summed E-state index contributed by atoms with van der Waals surface area (Å²) >= 11 is 4.88. The van der Waals surface area contributed by atoms with E-state index in [0.717, 1.165) is 43.1 Å². The van der Waals surface area contributed by atoms with Crippen LogP contribution in [0.15, 0.2) is 24.3 Å². The van der Waals surface area contributed by atoms with Crippen LogP contribution in [0.5, 0.6) is 0 Å². The standard InChI is InChI=1S/C15H21N3OS/c1-11-6-8-18(9-7-11)15(19)17-13-4-2-12(3-5-13)10-14(16)20/h2-5,11H,6-10H2,1H3,(H2,16,20)(H,17,19). The quantitative estimate of drug-likeness (QED) is 0.842. The highest BCUT2D eigenvalue weighted by Gasteiger charge is 2.20. The van der Waals surface area contributed by atoms with Gasteiger partial charge in [-0.05, 0) is 36.5 Å². The Kier molecular flexibility index (Phi) is 4.95. The molecule has 3 N–H and O–H groups in total. The van der Waals surface area contributed by atoms with Gasteiger partial charge in [0, 0.05) is 25.2 Å². The van der Waals surface area contributed by atoms with Crippen LogP contribution in [-0.4, -0.2) is 29.0 Å². The third kappa shape index (κ3) is 4.20. The van der Waals surface area contributed by atoms with Crippen molar-refractivity contribution < 1.29 is 4.79 Å². The Morgan fingerprint density at radius 2 is 1.95 bits per heavy atom. The van der Waals surface area contributed by atoms with E-state index in [0.29, 0.717) is 11.4 Å². The molecule has 1 aromatic rings. The van der Waals surface area contributed by atoms with Crippen molar-refractivity contribution in [2.24, 2.45) is 11.7 Å². The second kappa shape index (κ2) is 6.70. The predicted molar refractivity (Wildman–Crippen MR) is 85.9 cm³/mol. The van der Waals surface area contributed by atoms with Crippen LogP contribution in [0.4, 0.5) is 10.5 Å². The van der Waals surface area contributed by atoms with Crippen molar-refractivity contribution >= 4 is 28.9 Å². The van der Waals surface area contributed by atoms with Crippen molar-refractivity contribution in [2.75, 3.05) is 18.4 Å². The lowest BCUT2D eigenvalue weighted by Crippen LogP contribution is -2.40. The lowest BCUT2D eigenvalue weighted by atomic mass is 10.00. The third-order valence-corrected chi connectivity index (χ3v) is 3.80. The number of hydrogen-bond acceptors (Lipinski definition) is 2. The molecule has 0 atom stereocenters. The zero-order valence-electron chi connectivity index (χ0n) is 11.8. The summed E-state index contributed by atoms with van der Waals surface area (Å²) in [5.74, 6) is 0.721. The molecule has 0 aromatic heterocycles. The summed E-state index contributed by atoms with van der Waals surface area (Å²) in [6.45, 7) is 3.91. The van der Waals surface area contributed by atoms with Gasteiger partial charge in [0.1, 0.15) is 0 Å². The number of urea groups is 1. The molecule has 0 spiro atoms. The van der Waals surface area contributed by atoms with Gasteiger partial charge in [-0.3, -0.25) is 0 Å². The fraction of sp³-hybridized carbons (Fsp3) is 0.467. The number of nitrogens with one attached hydrogen (secondary N) is 1. The Balaban J connectivity index is 1.89. The Bertz CT molecular complexity index is 478. The zero-order valence-corrected chi connectivity index (χ0v) is 12.6. The van der Waals surface area contributed by atoms with Gasteiger partial charge >= 0.3 is 6.03 Å². The van der Waals surface area contributed by atoms with Gasteiger partial charge in [-0.15, -0.1) is 0 Å². The first-order valence-corrected chi connectivity index (χ1v) is 7.38.